The van der Waals surface area contributed by atoms with Gasteiger partial charge in [-0.3, -0.25) is 4.99 Å². The Labute approximate surface area is 166 Å². The molecule has 6 heteroatoms. The maximum atomic E-state index is 5.36. The first kappa shape index (κ1) is 21.1. The third kappa shape index (κ3) is 6.12. The van der Waals surface area contributed by atoms with Crippen molar-refractivity contribution >= 4 is 29.9 Å². The standard InChI is InChI=1S/C19H25N3O2.HI/c1-14-9-10-15(11-18(14)24-4)12-21-19(20-2)22-13-16-7-5-6-8-17(16)23-3;/h5-11H,12-13H2,1-4H3,(H2,20,21,22);1H. The summed E-state index contributed by atoms with van der Waals surface area (Å²) in [6, 6.07) is 14.1. The highest BCUT2D eigenvalue weighted by atomic mass is 127. The first-order valence-electron chi connectivity index (χ1n) is 7.88. The minimum Gasteiger partial charge on any atom is -0.496 e. The second-order valence-electron chi connectivity index (χ2n) is 5.40. The molecule has 0 bridgehead atoms. The van der Waals surface area contributed by atoms with Gasteiger partial charge in [0.1, 0.15) is 11.5 Å². The lowest BCUT2D eigenvalue weighted by Crippen LogP contribution is -2.36. The first-order valence-corrected chi connectivity index (χ1v) is 7.88. The van der Waals surface area contributed by atoms with Gasteiger partial charge in [-0.05, 0) is 30.2 Å². The van der Waals surface area contributed by atoms with E-state index >= 15 is 0 Å². The molecule has 2 rings (SSSR count). The van der Waals surface area contributed by atoms with E-state index in [4.69, 9.17) is 9.47 Å². The summed E-state index contributed by atoms with van der Waals surface area (Å²) in [5, 5.41) is 6.61. The molecule has 0 fully saturated rings. The third-order valence-electron chi connectivity index (χ3n) is 3.79. The number of ether oxygens (including phenoxy) is 2. The van der Waals surface area contributed by atoms with Crippen LogP contribution in [0.25, 0.3) is 0 Å². The molecule has 5 nitrogen and oxygen atoms in total. The number of hydrogen-bond donors (Lipinski definition) is 2. The van der Waals surface area contributed by atoms with Crippen molar-refractivity contribution in [3.05, 3.63) is 59.2 Å². The van der Waals surface area contributed by atoms with E-state index in [0.717, 1.165) is 34.1 Å². The summed E-state index contributed by atoms with van der Waals surface area (Å²) in [7, 11) is 5.12. The Hall–Kier alpha value is -1.96. The van der Waals surface area contributed by atoms with E-state index in [1.165, 1.54) is 0 Å². The maximum absolute atomic E-state index is 5.36. The van der Waals surface area contributed by atoms with Gasteiger partial charge in [-0.15, -0.1) is 24.0 Å². The van der Waals surface area contributed by atoms with Crippen molar-refractivity contribution in [3.8, 4) is 11.5 Å². The molecule has 0 atom stereocenters. The fourth-order valence-corrected chi connectivity index (χ4v) is 2.41. The lowest BCUT2D eigenvalue weighted by molar-refractivity contribution is 0.409. The topological polar surface area (TPSA) is 54.9 Å². The summed E-state index contributed by atoms with van der Waals surface area (Å²) in [4.78, 5) is 4.26. The van der Waals surface area contributed by atoms with Crippen molar-refractivity contribution in [1.29, 1.82) is 0 Å². The molecule has 0 aliphatic heterocycles. The molecule has 2 aromatic rings. The Balaban J connectivity index is 0.00000312. The van der Waals surface area contributed by atoms with Crippen LogP contribution >= 0.6 is 24.0 Å². The van der Waals surface area contributed by atoms with Gasteiger partial charge in [-0.25, -0.2) is 0 Å². The van der Waals surface area contributed by atoms with Crippen molar-refractivity contribution in [1.82, 2.24) is 10.6 Å². The molecule has 0 aliphatic rings. The number of nitrogens with zero attached hydrogens (tertiary/aromatic N) is 1. The van der Waals surface area contributed by atoms with Crippen molar-refractivity contribution in [2.45, 2.75) is 20.0 Å². The van der Waals surface area contributed by atoms with Crippen LogP contribution in [-0.4, -0.2) is 27.2 Å². The lowest BCUT2D eigenvalue weighted by Gasteiger charge is -2.14. The van der Waals surface area contributed by atoms with Crippen LogP contribution in [0.2, 0.25) is 0 Å². The second kappa shape index (κ2) is 10.8. The van der Waals surface area contributed by atoms with Crippen LogP contribution < -0.4 is 20.1 Å². The second-order valence-corrected chi connectivity index (χ2v) is 5.40. The number of benzene rings is 2. The van der Waals surface area contributed by atoms with Crippen molar-refractivity contribution in [2.24, 2.45) is 4.99 Å². The minimum absolute atomic E-state index is 0. The first-order chi connectivity index (χ1) is 11.7. The summed E-state index contributed by atoms with van der Waals surface area (Å²) in [5.41, 5.74) is 3.34. The van der Waals surface area contributed by atoms with Crippen LogP contribution in [0.15, 0.2) is 47.5 Å². The van der Waals surface area contributed by atoms with Gasteiger partial charge in [0.25, 0.3) is 0 Å². The van der Waals surface area contributed by atoms with Crippen molar-refractivity contribution < 1.29 is 9.47 Å². The van der Waals surface area contributed by atoms with Gasteiger partial charge in [0, 0.05) is 25.7 Å². The molecule has 2 aromatic carbocycles. The number of methoxy groups -OCH3 is 2. The van der Waals surface area contributed by atoms with Crippen LogP contribution in [0.5, 0.6) is 11.5 Å². The number of guanidine groups is 1. The Morgan fingerprint density at radius 3 is 2.32 bits per heavy atom. The zero-order chi connectivity index (χ0) is 17.4. The molecule has 0 aromatic heterocycles. The number of aliphatic imine (C=N–C) groups is 1. The van der Waals surface area contributed by atoms with E-state index in [1.54, 1.807) is 21.3 Å². The number of halogens is 1. The van der Waals surface area contributed by atoms with Crippen LogP contribution in [-0.2, 0) is 13.1 Å². The van der Waals surface area contributed by atoms with E-state index in [0.29, 0.717) is 13.1 Å². The third-order valence-corrected chi connectivity index (χ3v) is 3.79. The van der Waals surface area contributed by atoms with Gasteiger partial charge < -0.3 is 20.1 Å². The lowest BCUT2D eigenvalue weighted by atomic mass is 10.1. The van der Waals surface area contributed by atoms with Crippen LogP contribution in [0.1, 0.15) is 16.7 Å². The van der Waals surface area contributed by atoms with Crippen molar-refractivity contribution in [3.63, 3.8) is 0 Å². The van der Waals surface area contributed by atoms with E-state index in [9.17, 15) is 0 Å². The Morgan fingerprint density at radius 2 is 1.64 bits per heavy atom. The maximum Gasteiger partial charge on any atom is 0.191 e. The molecule has 0 spiro atoms. The van der Waals surface area contributed by atoms with Gasteiger partial charge in [-0.2, -0.15) is 0 Å². The van der Waals surface area contributed by atoms with E-state index < -0.39 is 0 Å². The Bertz CT molecular complexity index is 705. The SMILES string of the molecule is CN=C(NCc1ccc(C)c(OC)c1)NCc1ccccc1OC.I. The number of rotatable bonds is 6. The largest absolute Gasteiger partial charge is 0.496 e. The molecular formula is C19H26IN3O2. The van der Waals surface area contributed by atoms with Crippen LogP contribution in [0, 0.1) is 6.92 Å². The van der Waals surface area contributed by atoms with Crippen LogP contribution in [0.4, 0.5) is 0 Å². The molecule has 0 radical (unpaired) electrons. The molecule has 25 heavy (non-hydrogen) atoms. The van der Waals surface area contributed by atoms with E-state index in [1.807, 2.05) is 37.3 Å². The average Bonchev–Trinajstić information content (AvgIpc) is 2.63. The fourth-order valence-electron chi connectivity index (χ4n) is 2.41. The highest BCUT2D eigenvalue weighted by Gasteiger charge is 2.05. The normalized spacial score (nSPS) is 10.6. The van der Waals surface area contributed by atoms with Gasteiger partial charge >= 0.3 is 0 Å². The van der Waals surface area contributed by atoms with Gasteiger partial charge in [-0.1, -0.05) is 30.3 Å². The predicted octanol–water partition coefficient (Wildman–Crippen LogP) is 3.50. The summed E-state index contributed by atoms with van der Waals surface area (Å²) < 4.78 is 10.7. The monoisotopic (exact) mass is 455 g/mol. The van der Waals surface area contributed by atoms with Crippen LogP contribution in [0.3, 0.4) is 0 Å². The quantitative estimate of drug-likeness (QED) is 0.398. The molecule has 0 heterocycles. The molecule has 0 saturated carbocycles. The van der Waals surface area contributed by atoms with E-state index in [2.05, 4.69) is 27.8 Å². The molecule has 0 saturated heterocycles. The molecule has 136 valence electrons. The molecule has 0 unspecified atom stereocenters. The average molecular weight is 455 g/mol. The molecule has 0 aliphatic carbocycles. The highest BCUT2D eigenvalue weighted by Crippen LogP contribution is 2.19. The Morgan fingerprint density at radius 1 is 0.960 bits per heavy atom. The smallest absolute Gasteiger partial charge is 0.191 e. The van der Waals surface area contributed by atoms with Gasteiger partial charge in [0.2, 0.25) is 0 Å². The number of para-hydroxylation sites is 1. The summed E-state index contributed by atoms with van der Waals surface area (Å²) in [6.45, 7) is 3.34. The molecular weight excluding hydrogens is 429 g/mol. The van der Waals surface area contributed by atoms with Gasteiger partial charge in [0.15, 0.2) is 5.96 Å². The van der Waals surface area contributed by atoms with E-state index in [-0.39, 0.29) is 24.0 Å². The molecule has 0 amide bonds. The number of nitrogens with one attached hydrogen (secondary N) is 2. The van der Waals surface area contributed by atoms with Gasteiger partial charge in [0.05, 0.1) is 14.2 Å². The summed E-state index contributed by atoms with van der Waals surface area (Å²) in [6.07, 6.45) is 0. The van der Waals surface area contributed by atoms with Crippen molar-refractivity contribution in [2.75, 3.05) is 21.3 Å². The predicted molar refractivity (Wildman–Crippen MR) is 113 cm³/mol. The Kier molecular flexibility index (Phi) is 9.12. The number of aryl methyl sites for hydroxylation is 1. The summed E-state index contributed by atoms with van der Waals surface area (Å²) in [5.74, 6) is 2.50. The highest BCUT2D eigenvalue weighted by molar-refractivity contribution is 14.0. The number of hydrogen-bond acceptors (Lipinski definition) is 3. The zero-order valence-electron chi connectivity index (χ0n) is 15.1. The fraction of sp³-hybridized carbons (Fsp3) is 0.316. The molecule has 2 N–H and O–H groups in total. The zero-order valence-corrected chi connectivity index (χ0v) is 17.5. The summed E-state index contributed by atoms with van der Waals surface area (Å²) >= 11 is 0. The minimum atomic E-state index is 0.